The Bertz CT molecular complexity index is 711. The second kappa shape index (κ2) is 6.04. The average Bonchev–Trinajstić information content (AvgIpc) is 2.97. The SMILES string of the molecule is Nc1cccc(-c2nnnn2CCOc2ccccc2)c1. The van der Waals surface area contributed by atoms with Gasteiger partial charge in [0.1, 0.15) is 12.4 Å². The summed E-state index contributed by atoms with van der Waals surface area (Å²) in [4.78, 5) is 0. The van der Waals surface area contributed by atoms with Crippen molar-refractivity contribution in [3.05, 3.63) is 54.6 Å². The largest absolute Gasteiger partial charge is 0.492 e. The van der Waals surface area contributed by atoms with Gasteiger partial charge in [0.2, 0.25) is 0 Å². The minimum Gasteiger partial charge on any atom is -0.492 e. The lowest BCUT2D eigenvalue weighted by Gasteiger charge is -2.07. The zero-order valence-corrected chi connectivity index (χ0v) is 11.4. The number of benzene rings is 2. The monoisotopic (exact) mass is 281 g/mol. The molecule has 2 aromatic carbocycles. The van der Waals surface area contributed by atoms with E-state index in [0.29, 0.717) is 24.7 Å². The lowest BCUT2D eigenvalue weighted by molar-refractivity contribution is 0.290. The van der Waals surface area contributed by atoms with E-state index in [4.69, 9.17) is 10.5 Å². The number of tetrazole rings is 1. The highest BCUT2D eigenvalue weighted by Gasteiger charge is 2.09. The molecule has 106 valence electrons. The molecular formula is C15H15N5O. The van der Waals surface area contributed by atoms with Crippen LogP contribution in [-0.2, 0) is 6.54 Å². The molecule has 0 aliphatic heterocycles. The second-order valence-corrected chi connectivity index (χ2v) is 4.51. The van der Waals surface area contributed by atoms with Crippen LogP contribution in [0.2, 0.25) is 0 Å². The number of hydrogen-bond acceptors (Lipinski definition) is 5. The Morgan fingerprint density at radius 3 is 2.71 bits per heavy atom. The van der Waals surface area contributed by atoms with Gasteiger partial charge < -0.3 is 10.5 Å². The number of para-hydroxylation sites is 1. The summed E-state index contributed by atoms with van der Waals surface area (Å²) in [5.41, 5.74) is 7.36. The molecular weight excluding hydrogens is 266 g/mol. The predicted molar refractivity (Wildman–Crippen MR) is 79.6 cm³/mol. The van der Waals surface area contributed by atoms with Crippen LogP contribution in [0, 0.1) is 0 Å². The molecule has 0 bridgehead atoms. The van der Waals surface area contributed by atoms with Crippen molar-refractivity contribution in [3.8, 4) is 17.1 Å². The Kier molecular flexibility index (Phi) is 3.77. The number of aromatic nitrogens is 4. The first-order valence-electron chi connectivity index (χ1n) is 6.63. The number of anilines is 1. The van der Waals surface area contributed by atoms with Crippen LogP contribution in [0.1, 0.15) is 0 Å². The molecule has 0 aliphatic rings. The van der Waals surface area contributed by atoms with Crippen molar-refractivity contribution in [2.45, 2.75) is 6.54 Å². The summed E-state index contributed by atoms with van der Waals surface area (Å²) in [6.45, 7) is 1.05. The van der Waals surface area contributed by atoms with Crippen LogP contribution in [0.3, 0.4) is 0 Å². The highest BCUT2D eigenvalue weighted by molar-refractivity contribution is 5.60. The molecule has 0 fully saturated rings. The molecule has 3 rings (SSSR count). The van der Waals surface area contributed by atoms with Gasteiger partial charge in [-0.3, -0.25) is 0 Å². The molecule has 21 heavy (non-hydrogen) atoms. The van der Waals surface area contributed by atoms with Gasteiger partial charge >= 0.3 is 0 Å². The first kappa shape index (κ1) is 13.1. The summed E-state index contributed by atoms with van der Waals surface area (Å²) in [5, 5.41) is 11.8. The molecule has 6 heteroatoms. The van der Waals surface area contributed by atoms with Gasteiger partial charge in [-0.2, -0.15) is 0 Å². The van der Waals surface area contributed by atoms with Crippen molar-refractivity contribution >= 4 is 5.69 Å². The van der Waals surface area contributed by atoms with E-state index in [0.717, 1.165) is 11.3 Å². The van der Waals surface area contributed by atoms with E-state index in [-0.39, 0.29) is 0 Å². The smallest absolute Gasteiger partial charge is 0.182 e. The Balaban J connectivity index is 1.69. The van der Waals surface area contributed by atoms with Crippen LogP contribution in [0.25, 0.3) is 11.4 Å². The summed E-state index contributed by atoms with van der Waals surface area (Å²) in [6.07, 6.45) is 0. The van der Waals surface area contributed by atoms with E-state index in [1.807, 2.05) is 54.6 Å². The molecule has 0 amide bonds. The van der Waals surface area contributed by atoms with Crippen molar-refractivity contribution in [1.29, 1.82) is 0 Å². The first-order chi connectivity index (χ1) is 10.3. The zero-order chi connectivity index (χ0) is 14.5. The maximum atomic E-state index is 5.79. The van der Waals surface area contributed by atoms with Crippen LogP contribution < -0.4 is 10.5 Å². The third kappa shape index (κ3) is 3.17. The number of ether oxygens (including phenoxy) is 1. The molecule has 6 nitrogen and oxygen atoms in total. The van der Waals surface area contributed by atoms with Crippen molar-refractivity contribution in [3.63, 3.8) is 0 Å². The van der Waals surface area contributed by atoms with E-state index >= 15 is 0 Å². The Labute approximate surface area is 122 Å². The summed E-state index contributed by atoms with van der Waals surface area (Å²) in [6, 6.07) is 17.1. The molecule has 0 unspecified atom stereocenters. The molecule has 0 saturated heterocycles. The normalized spacial score (nSPS) is 10.5. The van der Waals surface area contributed by atoms with Gasteiger partial charge in [0.15, 0.2) is 5.82 Å². The topological polar surface area (TPSA) is 78.9 Å². The lowest BCUT2D eigenvalue weighted by atomic mass is 10.2. The standard InChI is InChI=1S/C15H15N5O/c16-13-6-4-5-12(11-13)15-17-18-19-20(15)9-10-21-14-7-2-1-3-8-14/h1-8,11H,9-10,16H2. The quantitative estimate of drug-likeness (QED) is 0.724. The molecule has 3 aromatic rings. The molecule has 0 spiro atoms. The summed E-state index contributed by atoms with van der Waals surface area (Å²) in [5.74, 6) is 1.51. The number of nitrogens with two attached hydrogens (primary N) is 1. The van der Waals surface area contributed by atoms with Gasteiger partial charge in [-0.05, 0) is 34.7 Å². The summed E-state index contributed by atoms with van der Waals surface area (Å²) < 4.78 is 7.36. The maximum absolute atomic E-state index is 5.79. The van der Waals surface area contributed by atoms with Gasteiger partial charge in [0, 0.05) is 11.3 Å². The van der Waals surface area contributed by atoms with Gasteiger partial charge in [-0.15, -0.1) is 5.10 Å². The molecule has 1 heterocycles. The zero-order valence-electron chi connectivity index (χ0n) is 11.4. The van der Waals surface area contributed by atoms with Gasteiger partial charge in [0.05, 0.1) is 6.54 Å². The predicted octanol–water partition coefficient (Wildman–Crippen LogP) is 2.00. The first-order valence-corrected chi connectivity index (χ1v) is 6.63. The summed E-state index contributed by atoms with van der Waals surface area (Å²) >= 11 is 0. The molecule has 0 radical (unpaired) electrons. The van der Waals surface area contributed by atoms with Crippen LogP contribution in [0.5, 0.6) is 5.75 Å². The Morgan fingerprint density at radius 2 is 1.90 bits per heavy atom. The van der Waals surface area contributed by atoms with Crippen LogP contribution in [0.4, 0.5) is 5.69 Å². The van der Waals surface area contributed by atoms with Crippen molar-refractivity contribution in [1.82, 2.24) is 20.2 Å². The molecule has 0 saturated carbocycles. The Hall–Kier alpha value is -2.89. The van der Waals surface area contributed by atoms with Crippen molar-refractivity contribution in [2.75, 3.05) is 12.3 Å². The average molecular weight is 281 g/mol. The molecule has 2 N–H and O–H groups in total. The molecule has 0 aliphatic carbocycles. The number of nitrogens with zero attached hydrogens (tertiary/aromatic N) is 4. The van der Waals surface area contributed by atoms with Crippen molar-refractivity contribution < 1.29 is 4.74 Å². The fourth-order valence-corrected chi connectivity index (χ4v) is 2.01. The molecule has 1 aromatic heterocycles. The Morgan fingerprint density at radius 1 is 1.05 bits per heavy atom. The van der Waals surface area contributed by atoms with E-state index in [2.05, 4.69) is 15.5 Å². The van der Waals surface area contributed by atoms with Crippen LogP contribution in [-0.4, -0.2) is 26.8 Å². The van der Waals surface area contributed by atoms with E-state index < -0.39 is 0 Å². The van der Waals surface area contributed by atoms with Crippen molar-refractivity contribution in [2.24, 2.45) is 0 Å². The van der Waals surface area contributed by atoms with E-state index in [1.54, 1.807) is 4.68 Å². The summed E-state index contributed by atoms with van der Waals surface area (Å²) in [7, 11) is 0. The number of nitrogen functional groups attached to an aromatic ring is 1. The number of hydrogen-bond donors (Lipinski definition) is 1. The highest BCUT2D eigenvalue weighted by Crippen LogP contribution is 2.18. The fourth-order valence-electron chi connectivity index (χ4n) is 2.01. The maximum Gasteiger partial charge on any atom is 0.182 e. The highest BCUT2D eigenvalue weighted by atomic mass is 16.5. The third-order valence-corrected chi connectivity index (χ3v) is 2.99. The minimum atomic E-state index is 0.490. The molecule has 0 atom stereocenters. The van der Waals surface area contributed by atoms with Crippen LogP contribution >= 0.6 is 0 Å². The van der Waals surface area contributed by atoms with E-state index in [9.17, 15) is 0 Å². The minimum absolute atomic E-state index is 0.490. The second-order valence-electron chi connectivity index (χ2n) is 4.51. The van der Waals surface area contributed by atoms with Gasteiger partial charge in [-0.25, -0.2) is 4.68 Å². The fraction of sp³-hybridized carbons (Fsp3) is 0.133. The van der Waals surface area contributed by atoms with E-state index in [1.165, 1.54) is 0 Å². The third-order valence-electron chi connectivity index (χ3n) is 2.99. The number of rotatable bonds is 5. The lowest BCUT2D eigenvalue weighted by Crippen LogP contribution is -2.11. The van der Waals surface area contributed by atoms with Gasteiger partial charge in [0.25, 0.3) is 0 Å². The van der Waals surface area contributed by atoms with Gasteiger partial charge in [-0.1, -0.05) is 30.3 Å². The van der Waals surface area contributed by atoms with Crippen LogP contribution in [0.15, 0.2) is 54.6 Å².